The van der Waals surface area contributed by atoms with E-state index in [9.17, 15) is 22.0 Å². The van der Waals surface area contributed by atoms with Crippen LogP contribution in [-0.4, -0.2) is 30.0 Å². The van der Waals surface area contributed by atoms with Gasteiger partial charge in [-0.1, -0.05) is 55.4 Å². The highest BCUT2D eigenvalue weighted by atomic mass is 19.4. The van der Waals surface area contributed by atoms with Crippen LogP contribution in [0, 0.1) is 22.7 Å². The van der Waals surface area contributed by atoms with Gasteiger partial charge in [0.1, 0.15) is 0 Å². The lowest BCUT2D eigenvalue weighted by Crippen LogP contribution is -2.66. The van der Waals surface area contributed by atoms with Crippen molar-refractivity contribution >= 4 is 0 Å². The standard InChI is InChI=1S/C20H32F10O/c1-9-12(4)17(23,31-20(28,29)30)16(21,22)13(10-2)15(8,11-3)19(26,27)18(24,25)14(5,6)7/h12-13H,9-11H2,1-8H3. The molecule has 1 nitrogen and oxygen atoms in total. The van der Waals surface area contributed by atoms with Crippen LogP contribution in [0.4, 0.5) is 43.9 Å². The molecule has 0 amide bonds. The summed E-state index contributed by atoms with van der Waals surface area (Å²) in [5, 5.41) is 0. The molecule has 4 unspecified atom stereocenters. The molecular weight excluding hydrogens is 446 g/mol. The van der Waals surface area contributed by atoms with Crippen molar-refractivity contribution in [1.29, 1.82) is 0 Å². The van der Waals surface area contributed by atoms with Gasteiger partial charge in [-0.05, 0) is 19.3 Å². The van der Waals surface area contributed by atoms with Gasteiger partial charge >= 0.3 is 24.1 Å². The molecule has 0 saturated heterocycles. The first-order valence-corrected chi connectivity index (χ1v) is 10.0. The average molecular weight is 478 g/mol. The summed E-state index contributed by atoms with van der Waals surface area (Å²) in [6.45, 7) is 6.42. The third-order valence-corrected chi connectivity index (χ3v) is 6.37. The first-order chi connectivity index (χ1) is 13.4. The fourth-order valence-electron chi connectivity index (χ4n) is 3.79. The lowest BCUT2D eigenvalue weighted by Gasteiger charge is -2.52. The molecule has 0 rings (SSSR count). The molecule has 31 heavy (non-hydrogen) atoms. The van der Waals surface area contributed by atoms with E-state index in [4.69, 9.17) is 0 Å². The van der Waals surface area contributed by atoms with Crippen LogP contribution < -0.4 is 0 Å². The Morgan fingerprint density at radius 2 is 1.10 bits per heavy atom. The zero-order valence-corrected chi connectivity index (χ0v) is 19.0. The minimum Gasteiger partial charge on any atom is -0.248 e. The van der Waals surface area contributed by atoms with E-state index in [1.165, 1.54) is 0 Å². The number of hydrogen-bond acceptors (Lipinski definition) is 1. The monoisotopic (exact) mass is 478 g/mol. The van der Waals surface area contributed by atoms with Crippen molar-refractivity contribution in [2.75, 3.05) is 0 Å². The molecule has 0 aliphatic carbocycles. The third kappa shape index (κ3) is 4.95. The van der Waals surface area contributed by atoms with E-state index in [-0.39, 0.29) is 0 Å². The fraction of sp³-hybridized carbons (Fsp3) is 1.00. The van der Waals surface area contributed by atoms with Crippen molar-refractivity contribution in [3.63, 3.8) is 0 Å². The smallest absolute Gasteiger partial charge is 0.248 e. The summed E-state index contributed by atoms with van der Waals surface area (Å²) >= 11 is 0. The first kappa shape index (κ1) is 30.3. The summed E-state index contributed by atoms with van der Waals surface area (Å²) in [5.41, 5.74) is -5.66. The van der Waals surface area contributed by atoms with Crippen molar-refractivity contribution in [2.45, 2.75) is 105 Å². The second kappa shape index (κ2) is 8.89. The van der Waals surface area contributed by atoms with E-state index in [0.717, 1.165) is 41.5 Å². The van der Waals surface area contributed by atoms with E-state index in [1.54, 1.807) is 0 Å². The summed E-state index contributed by atoms with van der Waals surface area (Å²) in [4.78, 5) is 0. The molecular formula is C20H32F10O. The largest absolute Gasteiger partial charge is 0.525 e. The molecule has 0 fully saturated rings. The Balaban J connectivity index is 6.95. The highest BCUT2D eigenvalue weighted by molar-refractivity contribution is 5.10. The van der Waals surface area contributed by atoms with E-state index < -0.39 is 71.9 Å². The number of rotatable bonds is 10. The fourth-order valence-corrected chi connectivity index (χ4v) is 3.79. The van der Waals surface area contributed by atoms with Crippen molar-refractivity contribution in [3.05, 3.63) is 0 Å². The topological polar surface area (TPSA) is 9.23 Å². The Morgan fingerprint density at radius 1 is 0.677 bits per heavy atom. The van der Waals surface area contributed by atoms with Crippen LogP contribution >= 0.6 is 0 Å². The maximum atomic E-state index is 15.4. The number of alkyl halides is 10. The quantitative estimate of drug-likeness (QED) is 0.286. The predicted octanol–water partition coefficient (Wildman–Crippen LogP) is 8.63. The zero-order valence-electron chi connectivity index (χ0n) is 19.0. The van der Waals surface area contributed by atoms with Gasteiger partial charge in [0, 0.05) is 22.7 Å². The van der Waals surface area contributed by atoms with Crippen LogP contribution in [0.3, 0.4) is 0 Å². The lowest BCUT2D eigenvalue weighted by atomic mass is 9.60. The van der Waals surface area contributed by atoms with Gasteiger partial charge in [0.2, 0.25) is 0 Å². The second-order valence-corrected chi connectivity index (χ2v) is 9.26. The van der Waals surface area contributed by atoms with Gasteiger partial charge in [0.15, 0.2) is 0 Å². The number of halogens is 10. The van der Waals surface area contributed by atoms with Crippen LogP contribution in [0.15, 0.2) is 0 Å². The van der Waals surface area contributed by atoms with Crippen LogP contribution in [0.2, 0.25) is 0 Å². The molecule has 4 atom stereocenters. The van der Waals surface area contributed by atoms with Gasteiger partial charge in [0.05, 0.1) is 0 Å². The number of hydrogen-bond donors (Lipinski definition) is 0. The van der Waals surface area contributed by atoms with Gasteiger partial charge in [-0.3, -0.25) is 0 Å². The molecule has 0 spiro atoms. The van der Waals surface area contributed by atoms with Gasteiger partial charge in [-0.15, -0.1) is 13.2 Å². The Morgan fingerprint density at radius 3 is 1.35 bits per heavy atom. The number of ether oxygens (including phenoxy) is 1. The molecule has 0 aromatic carbocycles. The molecule has 0 heterocycles. The average Bonchev–Trinajstić information content (AvgIpc) is 2.57. The van der Waals surface area contributed by atoms with Crippen LogP contribution in [0.25, 0.3) is 0 Å². The Hall–Kier alpha value is -0.740. The molecule has 0 saturated carbocycles. The maximum Gasteiger partial charge on any atom is 0.525 e. The van der Waals surface area contributed by atoms with E-state index in [2.05, 4.69) is 4.74 Å². The van der Waals surface area contributed by atoms with Gasteiger partial charge in [0.25, 0.3) is 5.85 Å². The highest BCUT2D eigenvalue weighted by Crippen LogP contribution is 2.63. The van der Waals surface area contributed by atoms with Gasteiger partial charge in [-0.25, -0.2) is 9.13 Å². The summed E-state index contributed by atoms with van der Waals surface area (Å²) in [6, 6.07) is 0. The van der Waals surface area contributed by atoms with E-state index in [0.29, 0.717) is 13.8 Å². The van der Waals surface area contributed by atoms with Crippen molar-refractivity contribution in [1.82, 2.24) is 0 Å². The minimum absolute atomic E-state index is 0.430. The molecule has 0 aliphatic rings. The third-order valence-electron chi connectivity index (χ3n) is 6.37. The molecule has 0 N–H and O–H groups in total. The van der Waals surface area contributed by atoms with Crippen molar-refractivity contribution < 1.29 is 48.6 Å². The van der Waals surface area contributed by atoms with Crippen LogP contribution in [0.5, 0.6) is 0 Å². The Bertz CT molecular complexity index is 596. The van der Waals surface area contributed by atoms with Gasteiger partial charge in [-0.2, -0.15) is 26.3 Å². The van der Waals surface area contributed by atoms with Crippen molar-refractivity contribution in [2.24, 2.45) is 22.7 Å². The zero-order chi connectivity index (χ0) is 25.5. The Kier molecular flexibility index (Phi) is 8.68. The molecule has 0 aliphatic heterocycles. The summed E-state index contributed by atoms with van der Waals surface area (Å²) in [6.07, 6.45) is -8.41. The first-order valence-electron chi connectivity index (χ1n) is 10.0. The van der Waals surface area contributed by atoms with E-state index >= 15 is 22.0 Å². The maximum absolute atomic E-state index is 15.4. The Labute approximate surface area is 176 Å². The molecule has 0 aromatic rings. The highest BCUT2D eigenvalue weighted by Gasteiger charge is 2.77. The minimum atomic E-state index is -5.86. The predicted molar refractivity (Wildman–Crippen MR) is 96.9 cm³/mol. The summed E-state index contributed by atoms with van der Waals surface area (Å²) in [5.74, 6) is -24.9. The molecule has 0 radical (unpaired) electrons. The lowest BCUT2D eigenvalue weighted by molar-refractivity contribution is -0.453. The molecule has 0 bridgehead atoms. The normalized spacial score (nSPS) is 20.7. The van der Waals surface area contributed by atoms with Crippen LogP contribution in [0.1, 0.15) is 74.7 Å². The molecule has 0 aromatic heterocycles. The van der Waals surface area contributed by atoms with E-state index in [1.807, 2.05) is 0 Å². The SMILES string of the molecule is CCC(C(F)(F)C(F)(OC(F)(F)F)C(C)CC)C(C)(CC)C(F)(F)C(F)(F)C(C)(C)C. The summed E-state index contributed by atoms with van der Waals surface area (Å²) < 4.78 is 148. The molecule has 11 heteroatoms. The van der Waals surface area contributed by atoms with Crippen molar-refractivity contribution in [3.8, 4) is 0 Å². The summed E-state index contributed by atoms with van der Waals surface area (Å²) in [7, 11) is 0. The molecule has 188 valence electrons. The second-order valence-electron chi connectivity index (χ2n) is 9.26. The van der Waals surface area contributed by atoms with Crippen LogP contribution in [-0.2, 0) is 4.74 Å². The van der Waals surface area contributed by atoms with Gasteiger partial charge < -0.3 is 0 Å².